The molecule has 0 radical (unpaired) electrons. The van der Waals surface area contributed by atoms with Crippen LogP contribution in [-0.4, -0.2) is 12.1 Å². The lowest BCUT2D eigenvalue weighted by Crippen LogP contribution is -2.44. The minimum atomic E-state index is 0.718. The summed E-state index contributed by atoms with van der Waals surface area (Å²) in [6, 6.07) is 1.44. The van der Waals surface area contributed by atoms with Crippen molar-refractivity contribution in [3.05, 3.63) is 0 Å². The zero-order valence-electron chi connectivity index (χ0n) is 10.5. The molecule has 0 saturated carbocycles. The van der Waals surface area contributed by atoms with E-state index in [1.54, 1.807) is 0 Å². The van der Waals surface area contributed by atoms with Gasteiger partial charge in [-0.25, -0.2) is 0 Å². The Kier molecular flexibility index (Phi) is 4.43. The largest absolute Gasteiger partial charge is 0.312 e. The van der Waals surface area contributed by atoms with Gasteiger partial charge in [0.1, 0.15) is 0 Å². The molecule has 84 valence electrons. The molecule has 4 unspecified atom stereocenters. The average Bonchev–Trinajstić information content (AvgIpc) is 2.14. The van der Waals surface area contributed by atoms with E-state index in [0.717, 1.165) is 29.8 Å². The summed E-state index contributed by atoms with van der Waals surface area (Å²) < 4.78 is 0. The van der Waals surface area contributed by atoms with Crippen LogP contribution in [0, 0.1) is 17.8 Å². The van der Waals surface area contributed by atoms with Crippen LogP contribution >= 0.6 is 0 Å². The predicted molar refractivity (Wildman–Crippen MR) is 63.4 cm³/mol. The van der Waals surface area contributed by atoms with Gasteiger partial charge in [0, 0.05) is 12.1 Å². The minimum absolute atomic E-state index is 0.718. The molecule has 1 aliphatic rings. The Morgan fingerprint density at radius 3 is 2.07 bits per heavy atom. The quantitative estimate of drug-likeness (QED) is 0.731. The van der Waals surface area contributed by atoms with Crippen molar-refractivity contribution in [1.29, 1.82) is 0 Å². The van der Waals surface area contributed by atoms with E-state index in [-0.39, 0.29) is 0 Å². The molecule has 0 aromatic carbocycles. The maximum absolute atomic E-state index is 3.62. The third-order valence-corrected chi connectivity index (χ3v) is 4.17. The van der Waals surface area contributed by atoms with Crippen LogP contribution in [0.3, 0.4) is 0 Å². The summed E-state index contributed by atoms with van der Waals surface area (Å²) in [4.78, 5) is 0. The lowest BCUT2D eigenvalue weighted by Gasteiger charge is -2.38. The van der Waals surface area contributed by atoms with E-state index in [1.165, 1.54) is 19.3 Å². The Labute approximate surface area is 89.7 Å². The van der Waals surface area contributed by atoms with Gasteiger partial charge in [-0.05, 0) is 44.4 Å². The Morgan fingerprint density at radius 2 is 1.64 bits per heavy atom. The van der Waals surface area contributed by atoms with Gasteiger partial charge in [0.15, 0.2) is 0 Å². The third-order valence-electron chi connectivity index (χ3n) is 4.17. The fraction of sp³-hybridized carbons (Fsp3) is 1.00. The van der Waals surface area contributed by atoms with Crippen molar-refractivity contribution < 1.29 is 0 Å². The monoisotopic (exact) mass is 197 g/mol. The number of nitrogens with one attached hydrogen (secondary N) is 1. The molecule has 1 fully saturated rings. The van der Waals surface area contributed by atoms with Gasteiger partial charge in [0.05, 0.1) is 0 Å². The summed E-state index contributed by atoms with van der Waals surface area (Å²) in [5, 5.41) is 3.62. The lowest BCUT2D eigenvalue weighted by atomic mass is 9.75. The topological polar surface area (TPSA) is 12.0 Å². The van der Waals surface area contributed by atoms with Crippen LogP contribution in [0.5, 0.6) is 0 Å². The van der Waals surface area contributed by atoms with Crippen molar-refractivity contribution in [2.24, 2.45) is 17.8 Å². The zero-order chi connectivity index (χ0) is 10.7. The normalized spacial score (nSPS) is 37.9. The highest BCUT2D eigenvalue weighted by Gasteiger charge is 2.29. The summed E-state index contributed by atoms with van der Waals surface area (Å²) >= 11 is 0. The van der Waals surface area contributed by atoms with Crippen molar-refractivity contribution in [3.8, 4) is 0 Å². The maximum Gasteiger partial charge on any atom is 0.00439 e. The van der Waals surface area contributed by atoms with Gasteiger partial charge in [-0.1, -0.05) is 27.2 Å². The Hall–Kier alpha value is -0.0400. The molecule has 14 heavy (non-hydrogen) atoms. The van der Waals surface area contributed by atoms with Crippen LogP contribution in [0.15, 0.2) is 0 Å². The first-order valence-electron chi connectivity index (χ1n) is 6.30. The first-order valence-corrected chi connectivity index (χ1v) is 6.30. The van der Waals surface area contributed by atoms with E-state index in [1.807, 2.05) is 0 Å². The van der Waals surface area contributed by atoms with E-state index >= 15 is 0 Å². The van der Waals surface area contributed by atoms with Crippen LogP contribution in [0.4, 0.5) is 0 Å². The fourth-order valence-corrected chi connectivity index (χ4v) is 2.89. The summed E-state index contributed by atoms with van der Waals surface area (Å²) in [6.07, 6.45) is 4.07. The van der Waals surface area contributed by atoms with Gasteiger partial charge in [0.25, 0.3) is 0 Å². The van der Waals surface area contributed by atoms with E-state index in [2.05, 4.69) is 39.9 Å². The summed E-state index contributed by atoms with van der Waals surface area (Å²) in [5.41, 5.74) is 0. The second-order valence-corrected chi connectivity index (χ2v) is 5.44. The van der Waals surface area contributed by atoms with Crippen molar-refractivity contribution in [3.63, 3.8) is 0 Å². The molecule has 1 N–H and O–H groups in total. The molecule has 0 amide bonds. The highest BCUT2D eigenvalue weighted by atomic mass is 15.0. The Bertz CT molecular complexity index is 157. The highest BCUT2D eigenvalue weighted by Crippen LogP contribution is 2.32. The molecule has 1 heterocycles. The van der Waals surface area contributed by atoms with Crippen molar-refractivity contribution in [2.45, 2.75) is 66.0 Å². The van der Waals surface area contributed by atoms with Gasteiger partial charge in [-0.2, -0.15) is 0 Å². The molecule has 0 aromatic heterocycles. The molecule has 1 aliphatic heterocycles. The SMILES string of the molecule is CCC(C)C(C)C1CC(C)NC(C)C1. The predicted octanol–water partition coefficient (Wildman–Crippen LogP) is 3.45. The van der Waals surface area contributed by atoms with Crippen LogP contribution in [0.25, 0.3) is 0 Å². The number of hydrogen-bond donors (Lipinski definition) is 1. The smallest absolute Gasteiger partial charge is 0.00439 e. The Balaban J connectivity index is 2.50. The van der Waals surface area contributed by atoms with E-state index in [9.17, 15) is 0 Å². The second-order valence-electron chi connectivity index (χ2n) is 5.44. The zero-order valence-corrected chi connectivity index (χ0v) is 10.5. The lowest BCUT2D eigenvalue weighted by molar-refractivity contribution is 0.161. The molecular weight excluding hydrogens is 170 g/mol. The maximum atomic E-state index is 3.62. The highest BCUT2D eigenvalue weighted by molar-refractivity contribution is 4.84. The van der Waals surface area contributed by atoms with Gasteiger partial charge >= 0.3 is 0 Å². The van der Waals surface area contributed by atoms with Gasteiger partial charge in [0.2, 0.25) is 0 Å². The summed E-state index contributed by atoms with van der Waals surface area (Å²) in [7, 11) is 0. The molecule has 0 aliphatic carbocycles. The molecule has 0 aromatic rings. The fourth-order valence-electron chi connectivity index (χ4n) is 2.89. The molecule has 0 bridgehead atoms. The minimum Gasteiger partial charge on any atom is -0.312 e. The summed E-state index contributed by atoms with van der Waals surface area (Å²) in [5.74, 6) is 2.72. The molecule has 4 atom stereocenters. The molecule has 1 nitrogen and oxygen atoms in total. The van der Waals surface area contributed by atoms with Crippen LogP contribution < -0.4 is 5.32 Å². The van der Waals surface area contributed by atoms with Crippen molar-refractivity contribution in [2.75, 3.05) is 0 Å². The molecule has 1 heteroatoms. The second kappa shape index (κ2) is 5.16. The molecule has 0 spiro atoms. The number of rotatable bonds is 3. The summed E-state index contributed by atoms with van der Waals surface area (Å²) in [6.45, 7) is 11.8. The van der Waals surface area contributed by atoms with Crippen molar-refractivity contribution >= 4 is 0 Å². The standard InChI is InChI=1S/C13H27N/c1-6-9(2)12(5)13-7-10(3)14-11(4)8-13/h9-14H,6-8H2,1-5H3. The van der Waals surface area contributed by atoms with Crippen LogP contribution in [0.1, 0.15) is 53.9 Å². The first-order chi connectivity index (χ1) is 6.54. The number of piperidine rings is 1. The first kappa shape index (κ1) is 12.0. The van der Waals surface area contributed by atoms with Crippen LogP contribution in [-0.2, 0) is 0 Å². The van der Waals surface area contributed by atoms with E-state index < -0.39 is 0 Å². The molecule has 1 saturated heterocycles. The molecule has 1 rings (SSSR count). The van der Waals surface area contributed by atoms with Gasteiger partial charge in [-0.15, -0.1) is 0 Å². The molecular formula is C13H27N. The van der Waals surface area contributed by atoms with Gasteiger partial charge < -0.3 is 5.32 Å². The van der Waals surface area contributed by atoms with E-state index in [0.29, 0.717) is 0 Å². The Morgan fingerprint density at radius 1 is 1.14 bits per heavy atom. The third kappa shape index (κ3) is 2.98. The number of hydrogen-bond acceptors (Lipinski definition) is 1. The van der Waals surface area contributed by atoms with Crippen molar-refractivity contribution in [1.82, 2.24) is 5.32 Å². The van der Waals surface area contributed by atoms with Crippen LogP contribution in [0.2, 0.25) is 0 Å². The average molecular weight is 197 g/mol. The van der Waals surface area contributed by atoms with Gasteiger partial charge in [-0.3, -0.25) is 0 Å². The van der Waals surface area contributed by atoms with E-state index in [4.69, 9.17) is 0 Å².